The molecular formula is C31H37Cl2N3O5S. The molecule has 0 aromatic heterocycles. The number of halogens is 2. The van der Waals surface area contributed by atoms with Crippen LogP contribution >= 0.6 is 23.2 Å². The summed E-state index contributed by atoms with van der Waals surface area (Å²) >= 11 is 12.6. The maximum atomic E-state index is 14.2. The van der Waals surface area contributed by atoms with E-state index in [1.54, 1.807) is 68.4 Å². The van der Waals surface area contributed by atoms with Crippen LogP contribution in [-0.4, -0.2) is 50.4 Å². The maximum Gasteiger partial charge on any atom is 0.264 e. The highest BCUT2D eigenvalue weighted by Gasteiger charge is 2.35. The Morgan fingerprint density at radius 3 is 2.24 bits per heavy atom. The van der Waals surface area contributed by atoms with Gasteiger partial charge in [-0.25, -0.2) is 8.42 Å². The van der Waals surface area contributed by atoms with E-state index in [1.165, 1.54) is 17.0 Å². The lowest BCUT2D eigenvalue weighted by Crippen LogP contribution is -2.53. The standard InChI is InChI=1S/C31H37Cl2N3O5S/c1-6-27(31(38)34-21(3)4)35(19-23-14-15-24(32)18-26(23)33)30(37)20-36(28-10-8-9-11-29(28)41-7-2)42(39,40)25-16-12-22(5)13-17-25/h8-18,21,27H,6-7,19-20H2,1-5H3,(H,34,38). The van der Waals surface area contributed by atoms with Gasteiger partial charge in [0.25, 0.3) is 10.0 Å². The van der Waals surface area contributed by atoms with E-state index >= 15 is 0 Å². The van der Waals surface area contributed by atoms with Gasteiger partial charge in [-0.05, 0) is 76.1 Å². The van der Waals surface area contributed by atoms with E-state index in [0.29, 0.717) is 21.4 Å². The molecular weight excluding hydrogens is 597 g/mol. The predicted molar refractivity (Wildman–Crippen MR) is 168 cm³/mol. The molecule has 2 amide bonds. The Hall–Kier alpha value is -3.27. The zero-order chi connectivity index (χ0) is 31.0. The summed E-state index contributed by atoms with van der Waals surface area (Å²) in [5, 5.41) is 3.62. The van der Waals surface area contributed by atoms with Crippen LogP contribution in [0.5, 0.6) is 5.75 Å². The molecule has 11 heteroatoms. The number of hydrogen-bond donors (Lipinski definition) is 1. The average Bonchev–Trinajstić information content (AvgIpc) is 2.93. The molecule has 3 aromatic carbocycles. The number of sulfonamides is 1. The zero-order valence-electron chi connectivity index (χ0n) is 24.4. The van der Waals surface area contributed by atoms with Gasteiger partial charge in [-0.1, -0.05) is 66.0 Å². The third-order valence-electron chi connectivity index (χ3n) is 6.49. The van der Waals surface area contributed by atoms with Crippen molar-refractivity contribution in [3.05, 3.63) is 87.9 Å². The second-order valence-corrected chi connectivity index (χ2v) is 12.8. The van der Waals surface area contributed by atoms with Crippen LogP contribution in [0.15, 0.2) is 71.6 Å². The SMILES string of the molecule is CCOc1ccccc1N(CC(=O)N(Cc1ccc(Cl)cc1Cl)C(CC)C(=O)NC(C)C)S(=O)(=O)c1ccc(C)cc1. The number of rotatable bonds is 13. The number of benzene rings is 3. The Bertz CT molecular complexity index is 1500. The van der Waals surface area contributed by atoms with Gasteiger partial charge in [0, 0.05) is 22.6 Å². The van der Waals surface area contributed by atoms with Crippen molar-refractivity contribution < 1.29 is 22.7 Å². The van der Waals surface area contributed by atoms with Gasteiger partial charge >= 0.3 is 0 Å². The third-order valence-corrected chi connectivity index (χ3v) is 8.86. The number of ether oxygens (including phenoxy) is 1. The van der Waals surface area contributed by atoms with Crippen LogP contribution in [0.3, 0.4) is 0 Å². The molecule has 0 heterocycles. The number of amides is 2. The smallest absolute Gasteiger partial charge is 0.264 e. The van der Waals surface area contributed by atoms with Crippen molar-refractivity contribution in [2.75, 3.05) is 17.5 Å². The number of nitrogens with one attached hydrogen (secondary N) is 1. The first-order chi connectivity index (χ1) is 19.9. The first-order valence-electron chi connectivity index (χ1n) is 13.7. The van der Waals surface area contributed by atoms with Crippen molar-refractivity contribution in [1.29, 1.82) is 0 Å². The van der Waals surface area contributed by atoms with Crippen LogP contribution in [0.1, 0.15) is 45.2 Å². The maximum absolute atomic E-state index is 14.2. The van der Waals surface area contributed by atoms with E-state index in [2.05, 4.69) is 5.32 Å². The average molecular weight is 635 g/mol. The van der Waals surface area contributed by atoms with Crippen LogP contribution in [0.4, 0.5) is 5.69 Å². The normalized spacial score (nSPS) is 12.1. The molecule has 1 atom stereocenters. The summed E-state index contributed by atoms with van der Waals surface area (Å²) in [6.07, 6.45) is 0.287. The number of para-hydroxylation sites is 2. The minimum absolute atomic E-state index is 0.0177. The van der Waals surface area contributed by atoms with Crippen molar-refractivity contribution in [3.8, 4) is 5.75 Å². The van der Waals surface area contributed by atoms with Gasteiger partial charge in [0.1, 0.15) is 18.3 Å². The predicted octanol–water partition coefficient (Wildman–Crippen LogP) is 6.23. The Balaban J connectivity index is 2.14. The summed E-state index contributed by atoms with van der Waals surface area (Å²) in [5.41, 5.74) is 1.66. The molecule has 42 heavy (non-hydrogen) atoms. The van der Waals surface area contributed by atoms with Crippen molar-refractivity contribution in [3.63, 3.8) is 0 Å². The van der Waals surface area contributed by atoms with Crippen molar-refractivity contribution in [2.45, 2.75) is 64.6 Å². The van der Waals surface area contributed by atoms with E-state index < -0.39 is 28.5 Å². The molecule has 1 N–H and O–H groups in total. The minimum atomic E-state index is -4.24. The minimum Gasteiger partial charge on any atom is -0.492 e. The van der Waals surface area contributed by atoms with Gasteiger partial charge in [0.15, 0.2) is 0 Å². The molecule has 1 unspecified atom stereocenters. The number of hydrogen-bond acceptors (Lipinski definition) is 5. The first kappa shape index (κ1) is 33.2. The Kier molecular flexibility index (Phi) is 11.7. The molecule has 0 saturated carbocycles. The zero-order valence-corrected chi connectivity index (χ0v) is 26.8. The Labute approximate surface area is 258 Å². The number of carbonyl (C=O) groups is 2. The van der Waals surface area contributed by atoms with Gasteiger partial charge in [-0.2, -0.15) is 0 Å². The van der Waals surface area contributed by atoms with Crippen LogP contribution in [0, 0.1) is 6.92 Å². The summed E-state index contributed by atoms with van der Waals surface area (Å²) < 4.78 is 35.0. The fourth-order valence-electron chi connectivity index (χ4n) is 4.43. The molecule has 0 radical (unpaired) electrons. The van der Waals surface area contributed by atoms with Crippen molar-refractivity contribution in [1.82, 2.24) is 10.2 Å². The van der Waals surface area contributed by atoms with Crippen LogP contribution in [-0.2, 0) is 26.2 Å². The quantitative estimate of drug-likeness (QED) is 0.241. The highest BCUT2D eigenvalue weighted by Crippen LogP contribution is 2.33. The van der Waals surface area contributed by atoms with Crippen molar-refractivity contribution in [2.24, 2.45) is 0 Å². The fourth-order valence-corrected chi connectivity index (χ4v) is 6.32. The van der Waals surface area contributed by atoms with Crippen LogP contribution in [0.25, 0.3) is 0 Å². The molecule has 8 nitrogen and oxygen atoms in total. The highest BCUT2D eigenvalue weighted by molar-refractivity contribution is 7.92. The molecule has 0 saturated heterocycles. The number of aryl methyl sites for hydroxylation is 1. The first-order valence-corrected chi connectivity index (χ1v) is 15.9. The lowest BCUT2D eigenvalue weighted by molar-refractivity contribution is -0.140. The summed E-state index contributed by atoms with van der Waals surface area (Å²) in [7, 11) is -4.24. The topological polar surface area (TPSA) is 96.0 Å². The number of nitrogens with zero attached hydrogens (tertiary/aromatic N) is 2. The highest BCUT2D eigenvalue weighted by atomic mass is 35.5. The largest absolute Gasteiger partial charge is 0.492 e. The van der Waals surface area contributed by atoms with Crippen LogP contribution in [0.2, 0.25) is 10.0 Å². The molecule has 0 aliphatic rings. The fraction of sp³-hybridized carbons (Fsp3) is 0.355. The molecule has 3 rings (SSSR count). The molecule has 0 aliphatic carbocycles. The summed E-state index contributed by atoms with van der Waals surface area (Å²) in [6, 6.07) is 16.9. The summed E-state index contributed by atoms with van der Waals surface area (Å²) in [6.45, 7) is 8.76. The second-order valence-electron chi connectivity index (χ2n) is 10.1. The van der Waals surface area contributed by atoms with Crippen LogP contribution < -0.4 is 14.4 Å². The molecule has 226 valence electrons. The van der Waals surface area contributed by atoms with Gasteiger partial charge in [-0.15, -0.1) is 0 Å². The van der Waals surface area contributed by atoms with E-state index in [1.807, 2.05) is 20.8 Å². The van der Waals surface area contributed by atoms with Gasteiger partial charge in [-0.3, -0.25) is 13.9 Å². The van der Waals surface area contributed by atoms with E-state index in [-0.39, 0.29) is 42.1 Å². The molecule has 0 aliphatic heterocycles. The van der Waals surface area contributed by atoms with Crippen molar-refractivity contribution >= 4 is 50.7 Å². The molecule has 3 aromatic rings. The van der Waals surface area contributed by atoms with E-state index in [9.17, 15) is 18.0 Å². The number of carbonyl (C=O) groups excluding carboxylic acids is 2. The lowest BCUT2D eigenvalue weighted by Gasteiger charge is -2.34. The third kappa shape index (κ3) is 8.18. The molecule has 0 bridgehead atoms. The Morgan fingerprint density at radius 2 is 1.64 bits per heavy atom. The number of anilines is 1. The van der Waals surface area contributed by atoms with E-state index in [4.69, 9.17) is 27.9 Å². The van der Waals surface area contributed by atoms with Gasteiger partial charge in [0.2, 0.25) is 11.8 Å². The molecule has 0 fully saturated rings. The lowest BCUT2D eigenvalue weighted by atomic mass is 10.1. The summed E-state index contributed by atoms with van der Waals surface area (Å²) in [5.74, 6) is -0.636. The monoisotopic (exact) mass is 633 g/mol. The van der Waals surface area contributed by atoms with E-state index in [0.717, 1.165) is 9.87 Å². The second kappa shape index (κ2) is 14.8. The van der Waals surface area contributed by atoms with Gasteiger partial charge < -0.3 is 15.0 Å². The Morgan fingerprint density at radius 1 is 0.976 bits per heavy atom. The summed E-state index contributed by atoms with van der Waals surface area (Å²) in [4.78, 5) is 28.9. The molecule has 0 spiro atoms. The van der Waals surface area contributed by atoms with Gasteiger partial charge in [0.05, 0.1) is 17.2 Å².